The van der Waals surface area contributed by atoms with E-state index in [2.05, 4.69) is 20.5 Å². The molecule has 7 nitrogen and oxygen atoms in total. The van der Waals surface area contributed by atoms with E-state index < -0.39 is 0 Å². The van der Waals surface area contributed by atoms with Gasteiger partial charge in [-0.25, -0.2) is 4.98 Å². The van der Waals surface area contributed by atoms with Crippen molar-refractivity contribution >= 4 is 28.0 Å². The average molecular weight is 288 g/mol. The fourth-order valence-electron chi connectivity index (χ4n) is 1.83. The van der Waals surface area contributed by atoms with E-state index in [4.69, 9.17) is 5.73 Å². The van der Waals surface area contributed by atoms with Gasteiger partial charge in [0.25, 0.3) is 5.91 Å². The Kier molecular flexibility index (Phi) is 3.30. The molecule has 102 valence electrons. The van der Waals surface area contributed by atoms with E-state index in [0.29, 0.717) is 23.8 Å². The Morgan fingerprint density at radius 3 is 3.10 bits per heavy atom. The van der Waals surface area contributed by atoms with Gasteiger partial charge in [0, 0.05) is 24.5 Å². The van der Waals surface area contributed by atoms with Crippen LogP contribution in [0.3, 0.4) is 0 Å². The lowest BCUT2D eigenvalue weighted by Crippen LogP contribution is -2.26. The van der Waals surface area contributed by atoms with Crippen molar-refractivity contribution in [2.45, 2.75) is 6.42 Å². The number of carbonyl (C=O) groups excluding carboxylic acids is 1. The number of amides is 1. The molecule has 0 aliphatic heterocycles. The summed E-state index contributed by atoms with van der Waals surface area (Å²) in [5.41, 5.74) is 6.63. The molecule has 0 bridgehead atoms. The van der Waals surface area contributed by atoms with Crippen LogP contribution in [0.25, 0.3) is 5.65 Å². The lowest BCUT2D eigenvalue weighted by Gasteiger charge is -2.02. The number of pyridine rings is 1. The molecular formula is C12H12N6OS. The minimum Gasteiger partial charge on any atom is -0.375 e. The number of fused-ring (bicyclic) bond motifs is 1. The number of nitrogen functional groups attached to an aromatic ring is 1. The number of thiazole rings is 1. The zero-order valence-electron chi connectivity index (χ0n) is 10.5. The van der Waals surface area contributed by atoms with Crippen molar-refractivity contribution in [1.29, 1.82) is 0 Å². The van der Waals surface area contributed by atoms with Gasteiger partial charge >= 0.3 is 0 Å². The molecule has 8 heteroatoms. The van der Waals surface area contributed by atoms with Gasteiger partial charge in [-0.3, -0.25) is 9.20 Å². The van der Waals surface area contributed by atoms with Gasteiger partial charge in [-0.2, -0.15) is 0 Å². The van der Waals surface area contributed by atoms with Gasteiger partial charge in [0.2, 0.25) is 0 Å². The first-order chi connectivity index (χ1) is 9.74. The second kappa shape index (κ2) is 5.25. The number of nitrogens with one attached hydrogen (secondary N) is 1. The maximum Gasteiger partial charge on any atom is 0.270 e. The predicted octanol–water partition coefficient (Wildman–Crippen LogP) is 0.740. The lowest BCUT2D eigenvalue weighted by atomic mass is 10.3. The minimum absolute atomic E-state index is 0.230. The van der Waals surface area contributed by atoms with Crippen LogP contribution in [0.4, 0.5) is 5.13 Å². The van der Waals surface area contributed by atoms with Crippen LogP contribution in [0.2, 0.25) is 0 Å². The molecule has 0 fully saturated rings. The van der Waals surface area contributed by atoms with Crippen LogP contribution < -0.4 is 11.1 Å². The van der Waals surface area contributed by atoms with E-state index in [1.54, 1.807) is 5.38 Å². The molecule has 0 saturated carbocycles. The fourth-order valence-corrected chi connectivity index (χ4v) is 2.37. The van der Waals surface area contributed by atoms with Crippen molar-refractivity contribution in [3.63, 3.8) is 0 Å². The van der Waals surface area contributed by atoms with Crippen molar-refractivity contribution in [2.24, 2.45) is 0 Å². The number of carbonyl (C=O) groups is 1. The Hall–Kier alpha value is -2.48. The lowest BCUT2D eigenvalue weighted by molar-refractivity contribution is 0.0950. The van der Waals surface area contributed by atoms with Gasteiger partial charge in [0.1, 0.15) is 11.5 Å². The highest BCUT2D eigenvalue weighted by molar-refractivity contribution is 7.13. The molecule has 0 aliphatic carbocycles. The molecule has 0 saturated heterocycles. The highest BCUT2D eigenvalue weighted by Gasteiger charge is 2.10. The first-order valence-corrected chi connectivity index (χ1v) is 6.90. The molecule has 1 amide bonds. The van der Waals surface area contributed by atoms with Crippen LogP contribution in [-0.4, -0.2) is 32.0 Å². The summed E-state index contributed by atoms with van der Waals surface area (Å²) in [6, 6.07) is 5.70. The third-order valence-corrected chi connectivity index (χ3v) is 3.45. The second-order valence-corrected chi connectivity index (χ2v) is 5.01. The molecule has 3 aromatic rings. The van der Waals surface area contributed by atoms with Crippen molar-refractivity contribution in [1.82, 2.24) is 24.9 Å². The average Bonchev–Trinajstić information content (AvgIpc) is 3.06. The van der Waals surface area contributed by atoms with E-state index in [1.807, 2.05) is 28.8 Å². The summed E-state index contributed by atoms with van der Waals surface area (Å²) in [7, 11) is 0. The van der Waals surface area contributed by atoms with Crippen molar-refractivity contribution < 1.29 is 4.79 Å². The normalized spacial score (nSPS) is 10.8. The highest BCUT2D eigenvalue weighted by Crippen LogP contribution is 2.10. The van der Waals surface area contributed by atoms with Crippen LogP contribution in [0, 0.1) is 0 Å². The Labute approximate surface area is 118 Å². The van der Waals surface area contributed by atoms with Crippen molar-refractivity contribution in [3.05, 3.63) is 41.3 Å². The molecule has 20 heavy (non-hydrogen) atoms. The molecule has 0 unspecified atom stereocenters. The maximum absolute atomic E-state index is 11.8. The zero-order chi connectivity index (χ0) is 13.9. The molecule has 0 aliphatic rings. The Morgan fingerprint density at radius 2 is 2.30 bits per heavy atom. The fraction of sp³-hybridized carbons (Fsp3) is 0.167. The van der Waals surface area contributed by atoms with Crippen LogP contribution in [0.15, 0.2) is 29.8 Å². The number of anilines is 1. The first kappa shape index (κ1) is 12.5. The summed E-state index contributed by atoms with van der Waals surface area (Å²) in [5.74, 6) is 0.575. The standard InChI is InChI=1S/C12H12N6OS/c13-12-15-8(7-20-12)11(19)14-5-4-10-17-16-9-3-1-2-6-18(9)10/h1-3,6-7H,4-5H2,(H2,13,15)(H,14,19). The molecule has 3 heterocycles. The van der Waals surface area contributed by atoms with E-state index in [1.165, 1.54) is 11.3 Å². The Morgan fingerprint density at radius 1 is 1.40 bits per heavy atom. The third-order valence-electron chi connectivity index (χ3n) is 2.77. The topological polar surface area (TPSA) is 98.2 Å². The SMILES string of the molecule is Nc1nc(C(=O)NCCc2nnc3ccccn23)cs1. The molecule has 3 N–H and O–H groups in total. The van der Waals surface area contributed by atoms with Gasteiger partial charge in [0.05, 0.1) is 0 Å². The molecule has 0 aromatic carbocycles. The summed E-state index contributed by atoms with van der Waals surface area (Å²) >= 11 is 1.25. The first-order valence-electron chi connectivity index (χ1n) is 6.02. The van der Waals surface area contributed by atoms with Gasteiger partial charge in [0.15, 0.2) is 10.8 Å². The number of hydrogen-bond donors (Lipinski definition) is 2. The predicted molar refractivity (Wildman–Crippen MR) is 75.6 cm³/mol. The number of rotatable bonds is 4. The van der Waals surface area contributed by atoms with Gasteiger partial charge in [-0.15, -0.1) is 21.5 Å². The zero-order valence-corrected chi connectivity index (χ0v) is 11.3. The Balaban J connectivity index is 1.61. The summed E-state index contributed by atoms with van der Waals surface area (Å²) < 4.78 is 1.90. The van der Waals surface area contributed by atoms with Gasteiger partial charge in [-0.1, -0.05) is 6.07 Å². The maximum atomic E-state index is 11.8. The van der Waals surface area contributed by atoms with Gasteiger partial charge < -0.3 is 11.1 Å². The highest BCUT2D eigenvalue weighted by atomic mass is 32.1. The van der Waals surface area contributed by atoms with E-state index in [9.17, 15) is 4.79 Å². The summed E-state index contributed by atoms with van der Waals surface area (Å²) in [5, 5.41) is 13.0. The van der Waals surface area contributed by atoms with Gasteiger partial charge in [-0.05, 0) is 12.1 Å². The molecule has 0 spiro atoms. The van der Waals surface area contributed by atoms with E-state index >= 15 is 0 Å². The number of nitrogens with two attached hydrogens (primary N) is 1. The Bertz CT molecular complexity index is 749. The van der Waals surface area contributed by atoms with E-state index in [-0.39, 0.29) is 5.91 Å². The number of hydrogen-bond acceptors (Lipinski definition) is 6. The van der Waals surface area contributed by atoms with Crippen LogP contribution in [-0.2, 0) is 6.42 Å². The molecule has 0 atom stereocenters. The monoisotopic (exact) mass is 288 g/mol. The summed E-state index contributed by atoms with van der Waals surface area (Å²) in [6.07, 6.45) is 2.49. The molecular weight excluding hydrogens is 276 g/mol. The largest absolute Gasteiger partial charge is 0.375 e. The quantitative estimate of drug-likeness (QED) is 0.738. The van der Waals surface area contributed by atoms with Crippen LogP contribution in [0.5, 0.6) is 0 Å². The van der Waals surface area contributed by atoms with Crippen LogP contribution in [0.1, 0.15) is 16.3 Å². The summed E-state index contributed by atoms with van der Waals surface area (Å²) in [6.45, 7) is 0.464. The number of aromatic nitrogens is 4. The van der Waals surface area contributed by atoms with Crippen LogP contribution >= 0.6 is 11.3 Å². The second-order valence-electron chi connectivity index (χ2n) is 4.12. The van der Waals surface area contributed by atoms with Crippen molar-refractivity contribution in [3.8, 4) is 0 Å². The van der Waals surface area contributed by atoms with Crippen molar-refractivity contribution in [2.75, 3.05) is 12.3 Å². The van der Waals surface area contributed by atoms with E-state index in [0.717, 1.165) is 11.5 Å². The molecule has 3 rings (SSSR count). The third kappa shape index (κ3) is 2.45. The minimum atomic E-state index is -0.230. The smallest absolute Gasteiger partial charge is 0.270 e. The summed E-state index contributed by atoms with van der Waals surface area (Å²) in [4.78, 5) is 15.7. The molecule has 0 radical (unpaired) electrons. The number of nitrogens with zero attached hydrogens (tertiary/aromatic N) is 4. The molecule has 3 aromatic heterocycles.